The van der Waals surface area contributed by atoms with E-state index < -0.39 is 0 Å². The Labute approximate surface area is 149 Å². The maximum absolute atomic E-state index is 12.1. The van der Waals surface area contributed by atoms with Gasteiger partial charge in [0, 0.05) is 57.3 Å². The molecule has 1 heterocycles. The lowest BCUT2D eigenvalue weighted by molar-refractivity contribution is -0.130. The van der Waals surface area contributed by atoms with Gasteiger partial charge in [-0.3, -0.25) is 14.4 Å². The highest BCUT2D eigenvalue weighted by Crippen LogP contribution is 2.16. The van der Waals surface area contributed by atoms with E-state index >= 15 is 0 Å². The molecule has 1 saturated heterocycles. The van der Waals surface area contributed by atoms with Crippen LogP contribution in [0.4, 0.5) is 5.69 Å². The van der Waals surface area contributed by atoms with E-state index in [-0.39, 0.29) is 17.6 Å². The van der Waals surface area contributed by atoms with Crippen molar-refractivity contribution in [3.63, 3.8) is 0 Å². The summed E-state index contributed by atoms with van der Waals surface area (Å²) in [4.78, 5) is 38.8. The van der Waals surface area contributed by atoms with Gasteiger partial charge in [0.2, 0.25) is 11.8 Å². The van der Waals surface area contributed by atoms with Gasteiger partial charge in [-0.2, -0.15) is 0 Å². The van der Waals surface area contributed by atoms with Crippen molar-refractivity contribution in [1.29, 1.82) is 0 Å². The molecule has 0 saturated carbocycles. The molecule has 25 heavy (non-hydrogen) atoms. The number of ketones is 1. The average Bonchev–Trinajstić information content (AvgIpc) is 2.60. The van der Waals surface area contributed by atoms with Crippen LogP contribution >= 0.6 is 0 Å². The van der Waals surface area contributed by atoms with Crippen LogP contribution in [0.15, 0.2) is 24.3 Å². The third-order valence-corrected chi connectivity index (χ3v) is 4.83. The summed E-state index contributed by atoms with van der Waals surface area (Å²) in [6.45, 7) is 5.64. The summed E-state index contributed by atoms with van der Waals surface area (Å²) in [6, 6.07) is 7.24. The molecule has 1 aliphatic heterocycles. The van der Waals surface area contributed by atoms with E-state index in [1.165, 1.54) is 6.92 Å². The zero-order valence-electron chi connectivity index (χ0n) is 15.2. The molecule has 1 aliphatic rings. The van der Waals surface area contributed by atoms with Crippen molar-refractivity contribution in [1.82, 2.24) is 9.80 Å². The fourth-order valence-corrected chi connectivity index (χ4v) is 3.06. The van der Waals surface area contributed by atoms with Crippen LogP contribution in [0.5, 0.6) is 0 Å². The summed E-state index contributed by atoms with van der Waals surface area (Å²) in [7, 11) is 1.85. The lowest BCUT2D eigenvalue weighted by atomic mass is 10.0. The van der Waals surface area contributed by atoms with Crippen LogP contribution < -0.4 is 5.32 Å². The van der Waals surface area contributed by atoms with Crippen LogP contribution in [0.1, 0.15) is 43.5 Å². The van der Waals surface area contributed by atoms with Crippen molar-refractivity contribution in [2.24, 2.45) is 0 Å². The first-order valence-corrected chi connectivity index (χ1v) is 8.73. The minimum absolute atomic E-state index is 0.0108. The molecule has 0 unspecified atom stereocenters. The van der Waals surface area contributed by atoms with Crippen molar-refractivity contribution >= 4 is 23.3 Å². The Balaban J connectivity index is 1.72. The zero-order valence-corrected chi connectivity index (χ0v) is 15.2. The monoisotopic (exact) mass is 345 g/mol. The predicted octanol–water partition coefficient (Wildman–Crippen LogP) is 2.16. The molecule has 0 aromatic heterocycles. The molecule has 1 N–H and O–H groups in total. The Bertz CT molecular complexity index is 619. The fraction of sp³-hybridized carbons (Fsp3) is 0.526. The molecule has 2 rings (SSSR count). The summed E-state index contributed by atoms with van der Waals surface area (Å²) >= 11 is 0. The second kappa shape index (κ2) is 8.76. The van der Waals surface area contributed by atoms with E-state index in [1.807, 2.05) is 11.9 Å². The molecule has 1 aromatic rings. The van der Waals surface area contributed by atoms with Crippen LogP contribution in [0.2, 0.25) is 0 Å². The Kier molecular flexibility index (Phi) is 6.70. The largest absolute Gasteiger partial charge is 0.343 e. The molecule has 0 spiro atoms. The number of nitrogens with one attached hydrogen (secondary N) is 1. The van der Waals surface area contributed by atoms with Gasteiger partial charge < -0.3 is 15.1 Å². The van der Waals surface area contributed by atoms with Crippen molar-refractivity contribution in [3.8, 4) is 0 Å². The number of rotatable bonds is 6. The molecular formula is C19H27N3O3. The number of hydrogen-bond donors (Lipinski definition) is 1. The quantitative estimate of drug-likeness (QED) is 0.802. The lowest BCUT2D eigenvalue weighted by Crippen LogP contribution is -2.45. The van der Waals surface area contributed by atoms with Gasteiger partial charge in [0.1, 0.15) is 0 Å². The van der Waals surface area contributed by atoms with E-state index in [0.29, 0.717) is 30.3 Å². The number of benzene rings is 1. The number of carbonyl (C=O) groups excluding carboxylic acids is 3. The first-order chi connectivity index (χ1) is 11.9. The van der Waals surface area contributed by atoms with Gasteiger partial charge in [-0.15, -0.1) is 0 Å². The van der Waals surface area contributed by atoms with E-state index in [9.17, 15) is 14.4 Å². The van der Waals surface area contributed by atoms with Crippen LogP contribution in [0, 0.1) is 0 Å². The number of nitrogens with zero attached hydrogens (tertiary/aromatic N) is 2. The maximum Gasteiger partial charge on any atom is 0.225 e. The third-order valence-electron chi connectivity index (χ3n) is 4.83. The number of carbonyl (C=O) groups is 3. The predicted molar refractivity (Wildman–Crippen MR) is 97.6 cm³/mol. The molecule has 2 amide bonds. The van der Waals surface area contributed by atoms with Gasteiger partial charge in [-0.25, -0.2) is 0 Å². The SMILES string of the molecule is CC(=O)c1ccc(NC(=O)CCN2CCC(N(C)C(C)=O)CC2)cc1. The number of hydrogen-bond acceptors (Lipinski definition) is 4. The fourth-order valence-electron chi connectivity index (χ4n) is 3.06. The number of anilines is 1. The van der Waals surface area contributed by atoms with Crippen LogP contribution in [-0.4, -0.2) is 60.1 Å². The molecule has 6 nitrogen and oxygen atoms in total. The zero-order chi connectivity index (χ0) is 18.4. The van der Waals surface area contributed by atoms with Crippen LogP contribution in [0.25, 0.3) is 0 Å². The second-order valence-corrected chi connectivity index (χ2v) is 6.63. The summed E-state index contributed by atoms with van der Waals surface area (Å²) in [5.41, 5.74) is 1.34. The lowest BCUT2D eigenvalue weighted by Gasteiger charge is -2.36. The van der Waals surface area contributed by atoms with Gasteiger partial charge in [-0.1, -0.05) is 0 Å². The highest BCUT2D eigenvalue weighted by molar-refractivity contribution is 5.95. The molecule has 1 fully saturated rings. The molecule has 0 radical (unpaired) electrons. The van der Waals surface area contributed by atoms with Gasteiger partial charge in [0.15, 0.2) is 5.78 Å². The van der Waals surface area contributed by atoms with Crippen LogP contribution in [-0.2, 0) is 9.59 Å². The summed E-state index contributed by atoms with van der Waals surface area (Å²) in [5, 5.41) is 2.86. The van der Waals surface area contributed by atoms with Gasteiger partial charge >= 0.3 is 0 Å². The minimum atomic E-state index is -0.0291. The van der Waals surface area contributed by atoms with E-state index in [0.717, 1.165) is 25.9 Å². The average molecular weight is 345 g/mol. The third kappa shape index (κ3) is 5.67. The first-order valence-electron chi connectivity index (χ1n) is 8.73. The van der Waals surface area contributed by atoms with E-state index in [4.69, 9.17) is 0 Å². The second-order valence-electron chi connectivity index (χ2n) is 6.63. The highest BCUT2D eigenvalue weighted by atomic mass is 16.2. The molecule has 0 atom stereocenters. The Hall–Kier alpha value is -2.21. The molecule has 136 valence electrons. The smallest absolute Gasteiger partial charge is 0.225 e. The van der Waals surface area contributed by atoms with Gasteiger partial charge in [-0.05, 0) is 44.0 Å². The first kappa shape index (κ1) is 19.1. The molecule has 0 bridgehead atoms. The van der Waals surface area contributed by atoms with Crippen molar-refractivity contribution < 1.29 is 14.4 Å². The number of Topliss-reactive ketones (excluding diaryl/α,β-unsaturated/α-hetero) is 1. The summed E-state index contributed by atoms with van der Waals surface area (Å²) < 4.78 is 0. The highest BCUT2D eigenvalue weighted by Gasteiger charge is 2.23. The van der Waals surface area contributed by atoms with Crippen molar-refractivity contribution in [2.75, 3.05) is 32.0 Å². The Morgan fingerprint density at radius 2 is 1.72 bits per heavy atom. The van der Waals surface area contributed by atoms with Crippen LogP contribution in [0.3, 0.4) is 0 Å². The Morgan fingerprint density at radius 1 is 1.12 bits per heavy atom. The van der Waals surface area contributed by atoms with Crippen molar-refractivity contribution in [3.05, 3.63) is 29.8 Å². The topological polar surface area (TPSA) is 69.7 Å². The number of amides is 2. The molecule has 1 aromatic carbocycles. The maximum atomic E-state index is 12.1. The van der Waals surface area contributed by atoms with E-state index in [2.05, 4.69) is 10.2 Å². The number of likely N-dealkylation sites (tertiary alicyclic amines) is 1. The van der Waals surface area contributed by atoms with Crippen molar-refractivity contribution in [2.45, 2.75) is 39.2 Å². The minimum Gasteiger partial charge on any atom is -0.343 e. The molecule has 0 aliphatic carbocycles. The summed E-state index contributed by atoms with van der Waals surface area (Å²) in [6.07, 6.45) is 2.33. The molecule has 6 heteroatoms. The normalized spacial score (nSPS) is 15.6. The molecular weight excluding hydrogens is 318 g/mol. The Morgan fingerprint density at radius 3 is 2.24 bits per heavy atom. The van der Waals surface area contributed by atoms with Gasteiger partial charge in [0.25, 0.3) is 0 Å². The number of piperidine rings is 1. The van der Waals surface area contributed by atoms with Gasteiger partial charge in [0.05, 0.1) is 0 Å². The standard InChI is InChI=1S/C19H27N3O3/c1-14(23)16-4-6-17(7-5-16)20-19(25)10-13-22-11-8-18(9-12-22)21(3)15(2)24/h4-7,18H,8-13H2,1-3H3,(H,20,25). The van der Waals surface area contributed by atoms with E-state index in [1.54, 1.807) is 31.2 Å². The summed E-state index contributed by atoms with van der Waals surface area (Å²) in [5.74, 6) is 0.0869.